The third-order valence-corrected chi connectivity index (χ3v) is 6.02. The zero-order valence-corrected chi connectivity index (χ0v) is 15.4. The third kappa shape index (κ3) is 3.09. The Hall–Kier alpha value is -1.77. The first-order valence-electron chi connectivity index (χ1n) is 7.93. The molecule has 3 heterocycles. The monoisotopic (exact) mass is 422 g/mol. The number of nitrogens with one attached hydrogen (secondary N) is 1. The van der Waals surface area contributed by atoms with E-state index < -0.39 is 17.8 Å². The summed E-state index contributed by atoms with van der Waals surface area (Å²) in [5, 5.41) is 14.5. The van der Waals surface area contributed by atoms with E-state index in [1.807, 2.05) is 29.6 Å². The predicted molar refractivity (Wildman–Crippen MR) is 96.4 cm³/mol. The highest BCUT2D eigenvalue weighted by Crippen LogP contribution is 2.44. The summed E-state index contributed by atoms with van der Waals surface area (Å²) in [5.41, 5.74) is 1.72. The molecular weight excluding hydrogens is 408 g/mol. The predicted octanol–water partition coefficient (Wildman–Crippen LogP) is 3.39. The number of amides is 1. The van der Waals surface area contributed by atoms with Crippen LogP contribution in [0.1, 0.15) is 12.8 Å². The maximum absolute atomic E-state index is 12.6. The molecule has 130 valence electrons. The van der Waals surface area contributed by atoms with E-state index in [0.29, 0.717) is 11.6 Å². The molecule has 25 heavy (non-hydrogen) atoms. The van der Waals surface area contributed by atoms with Gasteiger partial charge in [-0.25, -0.2) is 4.98 Å². The van der Waals surface area contributed by atoms with Crippen LogP contribution in [-0.2, 0) is 14.3 Å². The summed E-state index contributed by atoms with van der Waals surface area (Å²) in [4.78, 5) is 28.6. The van der Waals surface area contributed by atoms with Crippen LogP contribution in [0.5, 0.6) is 0 Å². The lowest BCUT2D eigenvalue weighted by molar-refractivity contribution is -0.147. The van der Waals surface area contributed by atoms with Crippen LogP contribution in [0.25, 0.3) is 11.3 Å². The second-order valence-corrected chi connectivity index (χ2v) is 7.99. The Kier molecular flexibility index (Phi) is 4.35. The number of carbonyl (C=O) groups excluding carboxylic acids is 1. The number of benzene rings is 1. The Bertz CT molecular complexity index is 822. The number of aromatic nitrogens is 1. The van der Waals surface area contributed by atoms with Gasteiger partial charge in [0.1, 0.15) is 0 Å². The number of ether oxygens (including phenoxy) is 1. The molecule has 1 aromatic carbocycles. The topological polar surface area (TPSA) is 88.5 Å². The maximum atomic E-state index is 12.6. The Morgan fingerprint density at radius 1 is 1.20 bits per heavy atom. The van der Waals surface area contributed by atoms with Crippen LogP contribution < -0.4 is 5.32 Å². The minimum Gasteiger partial charge on any atom is -0.481 e. The molecule has 1 amide bonds. The van der Waals surface area contributed by atoms with Gasteiger partial charge >= 0.3 is 5.97 Å². The van der Waals surface area contributed by atoms with Gasteiger partial charge in [-0.15, -0.1) is 11.3 Å². The second kappa shape index (κ2) is 6.51. The van der Waals surface area contributed by atoms with Crippen LogP contribution in [0.3, 0.4) is 0 Å². The lowest BCUT2D eigenvalue weighted by atomic mass is 9.79. The van der Waals surface area contributed by atoms with Crippen molar-refractivity contribution in [2.75, 3.05) is 5.32 Å². The van der Waals surface area contributed by atoms with E-state index in [4.69, 9.17) is 4.74 Å². The molecule has 1 aromatic heterocycles. The van der Waals surface area contributed by atoms with Gasteiger partial charge in [0, 0.05) is 15.4 Å². The largest absolute Gasteiger partial charge is 0.481 e. The van der Waals surface area contributed by atoms with Crippen molar-refractivity contribution >= 4 is 44.3 Å². The van der Waals surface area contributed by atoms with Crippen LogP contribution in [0, 0.1) is 11.8 Å². The van der Waals surface area contributed by atoms with Crippen molar-refractivity contribution in [3.8, 4) is 11.3 Å². The zero-order chi connectivity index (χ0) is 17.6. The standard InChI is InChI=1S/C17H15BrN2O4S/c18-9-3-1-8(2-4-9)10-7-25-17(19-10)20-15(21)13-11-5-6-12(24-11)14(13)16(22)23/h1-4,7,11-14H,5-6H2,(H,22,23)(H,19,20,21)/t11-,12-,13+,14+/m1/s1. The summed E-state index contributed by atoms with van der Waals surface area (Å²) < 4.78 is 6.62. The van der Waals surface area contributed by atoms with E-state index in [1.165, 1.54) is 11.3 Å². The van der Waals surface area contributed by atoms with Gasteiger partial charge in [-0.2, -0.15) is 0 Å². The van der Waals surface area contributed by atoms with Crippen molar-refractivity contribution in [3.63, 3.8) is 0 Å². The number of hydrogen-bond acceptors (Lipinski definition) is 5. The van der Waals surface area contributed by atoms with E-state index >= 15 is 0 Å². The number of hydrogen-bond donors (Lipinski definition) is 2. The first-order chi connectivity index (χ1) is 12.0. The summed E-state index contributed by atoms with van der Waals surface area (Å²) in [6, 6.07) is 7.73. The van der Waals surface area contributed by atoms with Crippen LogP contribution in [0.2, 0.25) is 0 Å². The highest BCUT2D eigenvalue weighted by molar-refractivity contribution is 9.10. The summed E-state index contributed by atoms with van der Waals surface area (Å²) >= 11 is 4.71. The fraction of sp³-hybridized carbons (Fsp3) is 0.353. The number of anilines is 1. The normalized spacial score (nSPS) is 27.4. The van der Waals surface area contributed by atoms with Crippen LogP contribution in [-0.4, -0.2) is 34.2 Å². The average Bonchev–Trinajstić information content (AvgIpc) is 3.30. The Morgan fingerprint density at radius 2 is 1.88 bits per heavy atom. The molecule has 2 fully saturated rings. The first-order valence-corrected chi connectivity index (χ1v) is 9.61. The SMILES string of the molecule is O=C(O)[C@@H]1[C@@H](C(=O)Nc2nc(-c3ccc(Br)cc3)cs2)[C@H]2CC[C@H]1O2. The molecule has 2 aromatic rings. The average molecular weight is 423 g/mol. The van der Waals surface area contributed by atoms with Crippen molar-refractivity contribution < 1.29 is 19.4 Å². The third-order valence-electron chi connectivity index (χ3n) is 4.74. The number of rotatable bonds is 4. The number of aliphatic carboxylic acids is 1. The van der Waals surface area contributed by atoms with Gasteiger partial charge in [-0.05, 0) is 25.0 Å². The number of carbonyl (C=O) groups is 2. The van der Waals surface area contributed by atoms with Crippen molar-refractivity contribution in [2.24, 2.45) is 11.8 Å². The number of fused-ring (bicyclic) bond motifs is 2. The van der Waals surface area contributed by atoms with Gasteiger partial charge in [-0.1, -0.05) is 28.1 Å². The number of nitrogens with zero attached hydrogens (tertiary/aromatic N) is 1. The van der Waals surface area contributed by atoms with Gasteiger partial charge in [0.25, 0.3) is 0 Å². The molecular formula is C17H15BrN2O4S. The van der Waals surface area contributed by atoms with E-state index in [2.05, 4.69) is 26.2 Å². The molecule has 2 bridgehead atoms. The van der Waals surface area contributed by atoms with Crippen molar-refractivity contribution in [1.29, 1.82) is 0 Å². The second-order valence-electron chi connectivity index (χ2n) is 6.21. The van der Waals surface area contributed by atoms with Gasteiger partial charge in [0.15, 0.2) is 5.13 Å². The quantitative estimate of drug-likeness (QED) is 0.787. The molecule has 0 aliphatic carbocycles. The lowest BCUT2D eigenvalue weighted by Gasteiger charge is -2.23. The Balaban J connectivity index is 1.50. The highest BCUT2D eigenvalue weighted by atomic mass is 79.9. The summed E-state index contributed by atoms with van der Waals surface area (Å²) in [6.45, 7) is 0. The molecule has 6 nitrogen and oxygen atoms in total. The van der Waals surface area contributed by atoms with Gasteiger partial charge in [-0.3, -0.25) is 9.59 Å². The number of thiazole rings is 1. The van der Waals surface area contributed by atoms with Crippen LogP contribution in [0.4, 0.5) is 5.13 Å². The number of carboxylic acids is 1. The molecule has 2 N–H and O–H groups in total. The van der Waals surface area contributed by atoms with Gasteiger partial charge in [0.05, 0.1) is 29.7 Å². The summed E-state index contributed by atoms with van der Waals surface area (Å²) in [6.07, 6.45) is 0.773. The van der Waals surface area contributed by atoms with E-state index in [1.54, 1.807) is 0 Å². The molecule has 0 unspecified atom stereocenters. The molecule has 2 aliphatic rings. The van der Waals surface area contributed by atoms with Crippen LogP contribution in [0.15, 0.2) is 34.1 Å². The fourth-order valence-electron chi connectivity index (χ4n) is 3.60. The Labute approximate surface area is 156 Å². The number of carboxylic acid groups (broad SMARTS) is 1. The minimum atomic E-state index is -0.970. The van der Waals surface area contributed by atoms with Crippen molar-refractivity contribution in [1.82, 2.24) is 4.98 Å². The first kappa shape index (κ1) is 16.7. The van der Waals surface area contributed by atoms with Crippen molar-refractivity contribution in [3.05, 3.63) is 34.1 Å². The van der Waals surface area contributed by atoms with Crippen LogP contribution >= 0.6 is 27.3 Å². The van der Waals surface area contributed by atoms with Crippen molar-refractivity contribution in [2.45, 2.75) is 25.0 Å². The molecule has 0 radical (unpaired) electrons. The molecule has 4 atom stereocenters. The van der Waals surface area contributed by atoms with Gasteiger partial charge in [0.2, 0.25) is 5.91 Å². The maximum Gasteiger partial charge on any atom is 0.310 e. The minimum absolute atomic E-state index is 0.308. The molecule has 0 spiro atoms. The molecule has 4 rings (SSSR count). The van der Waals surface area contributed by atoms with Gasteiger partial charge < -0.3 is 15.2 Å². The summed E-state index contributed by atoms with van der Waals surface area (Å²) in [5.74, 6) is -2.72. The van der Waals surface area contributed by atoms with E-state index in [0.717, 1.165) is 22.2 Å². The molecule has 2 saturated heterocycles. The summed E-state index contributed by atoms with van der Waals surface area (Å²) in [7, 11) is 0. The highest BCUT2D eigenvalue weighted by Gasteiger charge is 2.55. The van der Waals surface area contributed by atoms with E-state index in [-0.39, 0.29) is 18.1 Å². The molecule has 0 saturated carbocycles. The smallest absolute Gasteiger partial charge is 0.310 e. The molecule has 2 aliphatic heterocycles. The van der Waals surface area contributed by atoms with E-state index in [9.17, 15) is 14.7 Å². The Morgan fingerprint density at radius 3 is 2.56 bits per heavy atom. The zero-order valence-electron chi connectivity index (χ0n) is 13.0. The number of halogens is 1. The lowest BCUT2D eigenvalue weighted by Crippen LogP contribution is -2.40. The molecule has 8 heteroatoms. The fourth-order valence-corrected chi connectivity index (χ4v) is 4.58.